The largest absolute Gasteiger partial charge is 0.341 e. The Balaban J connectivity index is 1.48. The molecule has 2 amide bonds. The molecule has 0 aromatic rings. The van der Waals surface area contributed by atoms with Crippen molar-refractivity contribution in [3.8, 4) is 0 Å². The quantitative estimate of drug-likeness (QED) is 0.857. The number of hydrogen-bond acceptors (Lipinski definition) is 3. The molecule has 0 spiro atoms. The minimum Gasteiger partial charge on any atom is -0.341 e. The molecule has 3 rings (SSSR count). The molecule has 0 bridgehead atoms. The Morgan fingerprint density at radius 1 is 0.864 bits per heavy atom. The number of amides is 2. The lowest BCUT2D eigenvalue weighted by molar-refractivity contribution is -0.135. The van der Waals surface area contributed by atoms with Crippen LogP contribution in [0.4, 0.5) is 0 Å². The van der Waals surface area contributed by atoms with Crippen LogP contribution in [0.3, 0.4) is 0 Å². The van der Waals surface area contributed by atoms with Crippen molar-refractivity contribution in [1.82, 2.24) is 15.1 Å². The van der Waals surface area contributed by atoms with E-state index in [1.807, 2.05) is 9.80 Å². The molecular formula is C17H29N3O2. The Kier molecular flexibility index (Phi) is 5.34. The van der Waals surface area contributed by atoms with Crippen molar-refractivity contribution < 1.29 is 9.59 Å². The zero-order valence-electron chi connectivity index (χ0n) is 13.6. The van der Waals surface area contributed by atoms with Gasteiger partial charge in [0.25, 0.3) is 0 Å². The lowest BCUT2D eigenvalue weighted by Crippen LogP contribution is -2.45. The average Bonchev–Trinajstić information content (AvgIpc) is 3.16. The van der Waals surface area contributed by atoms with Crippen LogP contribution < -0.4 is 5.32 Å². The summed E-state index contributed by atoms with van der Waals surface area (Å²) in [4.78, 5) is 28.9. The van der Waals surface area contributed by atoms with Crippen LogP contribution in [-0.4, -0.2) is 60.4 Å². The molecule has 0 aromatic carbocycles. The van der Waals surface area contributed by atoms with Gasteiger partial charge in [-0.2, -0.15) is 0 Å². The third-order valence-corrected chi connectivity index (χ3v) is 5.46. The lowest BCUT2D eigenvalue weighted by atomic mass is 10.0. The monoisotopic (exact) mass is 307 g/mol. The molecule has 0 aromatic heterocycles. The first-order valence-corrected chi connectivity index (χ1v) is 9.04. The van der Waals surface area contributed by atoms with Gasteiger partial charge in [0.1, 0.15) is 0 Å². The minimum absolute atomic E-state index is 0.0146. The first kappa shape index (κ1) is 15.8. The van der Waals surface area contributed by atoms with Gasteiger partial charge in [-0.25, -0.2) is 0 Å². The van der Waals surface area contributed by atoms with E-state index in [1.54, 1.807) is 0 Å². The van der Waals surface area contributed by atoms with Gasteiger partial charge in [0, 0.05) is 32.6 Å². The van der Waals surface area contributed by atoms with Crippen LogP contribution in [0.15, 0.2) is 0 Å². The Hall–Kier alpha value is -1.10. The summed E-state index contributed by atoms with van der Waals surface area (Å²) in [5, 5.41) is 3.28. The second-order valence-electron chi connectivity index (χ2n) is 7.06. The fourth-order valence-electron chi connectivity index (χ4n) is 4.09. The van der Waals surface area contributed by atoms with Crippen molar-refractivity contribution >= 4 is 11.8 Å². The maximum Gasteiger partial charge on any atom is 0.239 e. The van der Waals surface area contributed by atoms with E-state index in [-0.39, 0.29) is 11.9 Å². The normalized spacial score (nSPS) is 27.2. The summed E-state index contributed by atoms with van der Waals surface area (Å²) in [6.07, 6.45) is 8.70. The van der Waals surface area contributed by atoms with E-state index in [4.69, 9.17) is 0 Å². The first-order chi connectivity index (χ1) is 10.7. The summed E-state index contributed by atoms with van der Waals surface area (Å²) >= 11 is 0. The number of carbonyl (C=O) groups is 2. The molecule has 1 unspecified atom stereocenters. The third-order valence-electron chi connectivity index (χ3n) is 5.46. The van der Waals surface area contributed by atoms with Crippen LogP contribution in [0.25, 0.3) is 0 Å². The molecule has 1 aliphatic carbocycles. The number of nitrogens with one attached hydrogen (secondary N) is 1. The predicted molar refractivity (Wildman–Crippen MR) is 85.4 cm³/mol. The van der Waals surface area contributed by atoms with Gasteiger partial charge in [0.05, 0.1) is 6.04 Å². The van der Waals surface area contributed by atoms with Crippen molar-refractivity contribution in [2.24, 2.45) is 5.92 Å². The summed E-state index contributed by atoms with van der Waals surface area (Å²) in [7, 11) is 0. The van der Waals surface area contributed by atoms with Gasteiger partial charge in [-0.3, -0.25) is 9.59 Å². The zero-order chi connectivity index (χ0) is 15.4. The van der Waals surface area contributed by atoms with Gasteiger partial charge in [0.15, 0.2) is 0 Å². The molecule has 2 saturated heterocycles. The molecule has 2 heterocycles. The fourth-order valence-corrected chi connectivity index (χ4v) is 4.09. The van der Waals surface area contributed by atoms with Crippen LogP contribution >= 0.6 is 0 Å². The van der Waals surface area contributed by atoms with Crippen LogP contribution in [0.1, 0.15) is 51.4 Å². The topological polar surface area (TPSA) is 52.7 Å². The highest BCUT2D eigenvalue weighted by Gasteiger charge is 2.29. The number of hydrogen-bond donors (Lipinski definition) is 1. The molecule has 1 N–H and O–H groups in total. The summed E-state index contributed by atoms with van der Waals surface area (Å²) in [6.45, 7) is 3.98. The molecular weight excluding hydrogens is 278 g/mol. The van der Waals surface area contributed by atoms with Gasteiger partial charge in [0.2, 0.25) is 11.8 Å². The molecule has 3 fully saturated rings. The highest BCUT2D eigenvalue weighted by molar-refractivity contribution is 5.82. The number of nitrogens with zero attached hydrogens (tertiary/aromatic N) is 2. The Bertz CT molecular complexity index is 401. The van der Waals surface area contributed by atoms with Crippen LogP contribution in [0.5, 0.6) is 0 Å². The van der Waals surface area contributed by atoms with E-state index < -0.39 is 0 Å². The average molecular weight is 307 g/mol. The van der Waals surface area contributed by atoms with Crippen LogP contribution in [-0.2, 0) is 9.59 Å². The molecule has 124 valence electrons. The van der Waals surface area contributed by atoms with E-state index in [9.17, 15) is 9.59 Å². The fraction of sp³-hybridized carbons (Fsp3) is 0.882. The maximum absolute atomic E-state index is 12.5. The van der Waals surface area contributed by atoms with E-state index in [0.29, 0.717) is 24.9 Å². The second kappa shape index (κ2) is 7.44. The number of carbonyl (C=O) groups excluding carboxylic acids is 2. The van der Waals surface area contributed by atoms with E-state index in [2.05, 4.69) is 5.32 Å². The lowest BCUT2D eigenvalue weighted by Gasteiger charge is -2.25. The first-order valence-electron chi connectivity index (χ1n) is 9.04. The van der Waals surface area contributed by atoms with Crippen molar-refractivity contribution in [1.29, 1.82) is 0 Å². The summed E-state index contributed by atoms with van der Waals surface area (Å²) in [6, 6.07) is 0.0146. The van der Waals surface area contributed by atoms with Crippen molar-refractivity contribution in [2.45, 2.75) is 57.4 Å². The second-order valence-corrected chi connectivity index (χ2v) is 7.06. The van der Waals surface area contributed by atoms with E-state index in [0.717, 1.165) is 45.3 Å². The van der Waals surface area contributed by atoms with Crippen LogP contribution in [0.2, 0.25) is 0 Å². The summed E-state index contributed by atoms with van der Waals surface area (Å²) in [5.41, 5.74) is 0. The van der Waals surface area contributed by atoms with Crippen LogP contribution in [0, 0.1) is 5.92 Å². The minimum atomic E-state index is 0.0146. The van der Waals surface area contributed by atoms with E-state index >= 15 is 0 Å². The van der Waals surface area contributed by atoms with Crippen molar-refractivity contribution in [3.05, 3.63) is 0 Å². The molecule has 1 saturated carbocycles. The summed E-state index contributed by atoms with van der Waals surface area (Å²) < 4.78 is 0. The zero-order valence-corrected chi connectivity index (χ0v) is 13.6. The highest BCUT2D eigenvalue weighted by Crippen LogP contribution is 2.28. The molecule has 3 aliphatic rings. The Morgan fingerprint density at radius 3 is 2.32 bits per heavy atom. The SMILES string of the molecule is O=C(CC1CCCC1)N1CCCN(C(=O)C2CCCN2)CC1. The molecule has 2 aliphatic heterocycles. The Morgan fingerprint density at radius 2 is 1.59 bits per heavy atom. The number of rotatable bonds is 3. The van der Waals surface area contributed by atoms with Crippen molar-refractivity contribution in [3.63, 3.8) is 0 Å². The predicted octanol–water partition coefficient (Wildman–Crippen LogP) is 1.38. The van der Waals surface area contributed by atoms with Gasteiger partial charge in [-0.15, -0.1) is 0 Å². The Labute approximate surface area is 133 Å². The summed E-state index contributed by atoms with van der Waals surface area (Å²) in [5.74, 6) is 1.15. The van der Waals surface area contributed by atoms with Gasteiger partial charge >= 0.3 is 0 Å². The molecule has 5 heteroatoms. The molecule has 5 nitrogen and oxygen atoms in total. The van der Waals surface area contributed by atoms with E-state index in [1.165, 1.54) is 25.7 Å². The molecule has 22 heavy (non-hydrogen) atoms. The van der Waals surface area contributed by atoms with Crippen molar-refractivity contribution in [2.75, 3.05) is 32.7 Å². The smallest absolute Gasteiger partial charge is 0.239 e. The van der Waals surface area contributed by atoms with Gasteiger partial charge in [-0.05, 0) is 44.6 Å². The van der Waals surface area contributed by atoms with Gasteiger partial charge in [-0.1, -0.05) is 12.8 Å². The molecule has 0 radical (unpaired) electrons. The van der Waals surface area contributed by atoms with Gasteiger partial charge < -0.3 is 15.1 Å². The highest BCUT2D eigenvalue weighted by atomic mass is 16.2. The molecule has 1 atom stereocenters. The third kappa shape index (κ3) is 3.80. The maximum atomic E-state index is 12.5. The standard InChI is InChI=1S/C17H29N3O2/c21-16(13-14-5-1-2-6-14)19-9-4-10-20(12-11-19)17(22)15-7-3-8-18-15/h14-15,18H,1-13H2.